The maximum atomic E-state index is 12.5. The largest absolute Gasteiger partial charge is 0.326 e. The first kappa shape index (κ1) is 18.6. The van der Waals surface area contributed by atoms with Gasteiger partial charge in [0, 0.05) is 16.7 Å². The predicted molar refractivity (Wildman–Crippen MR) is 107 cm³/mol. The fraction of sp³-hybridized carbons (Fsp3) is 0.300. The van der Waals surface area contributed by atoms with Gasteiger partial charge in [-0.15, -0.1) is 0 Å². The van der Waals surface area contributed by atoms with Crippen LogP contribution in [-0.2, 0) is 9.59 Å². The maximum Gasteiger partial charge on any atom is 0.238 e. The van der Waals surface area contributed by atoms with E-state index in [2.05, 4.69) is 26.6 Å². The van der Waals surface area contributed by atoms with Gasteiger partial charge in [-0.3, -0.25) is 14.5 Å². The van der Waals surface area contributed by atoms with E-state index in [0.29, 0.717) is 6.54 Å². The number of nitrogens with one attached hydrogen (secondary N) is 2. The lowest BCUT2D eigenvalue weighted by atomic mass is 9.97. The van der Waals surface area contributed by atoms with Crippen molar-refractivity contribution in [2.45, 2.75) is 12.8 Å². The molecule has 0 bridgehead atoms. The molecule has 0 radical (unpaired) electrons. The standard InChI is InChI=1S/C20H22BrN3O2/c21-17-10-4-5-11-18(17)23-19(25)14-24-12-6-7-15(13-24)20(26)22-16-8-2-1-3-9-16/h1-5,8-11,15H,6-7,12-14H2,(H,22,26)(H,23,25)/t15-/m0/s1. The Morgan fingerprint density at radius 2 is 1.77 bits per heavy atom. The SMILES string of the molecule is O=C(CN1CCC[C@H](C(=O)Nc2ccccc2)C1)Nc1ccccc1Br. The van der Waals surface area contributed by atoms with Crippen LogP contribution in [0.4, 0.5) is 11.4 Å². The van der Waals surface area contributed by atoms with E-state index in [9.17, 15) is 9.59 Å². The number of para-hydroxylation sites is 2. The van der Waals surface area contributed by atoms with Gasteiger partial charge in [0.2, 0.25) is 11.8 Å². The summed E-state index contributed by atoms with van der Waals surface area (Å²) >= 11 is 3.43. The molecule has 1 saturated heterocycles. The Bertz CT molecular complexity index is 767. The summed E-state index contributed by atoms with van der Waals surface area (Å²) in [7, 11) is 0. The molecule has 2 aromatic rings. The van der Waals surface area contributed by atoms with Crippen molar-refractivity contribution < 1.29 is 9.59 Å². The van der Waals surface area contributed by atoms with Crippen LogP contribution in [0.3, 0.4) is 0 Å². The molecule has 0 unspecified atom stereocenters. The van der Waals surface area contributed by atoms with Gasteiger partial charge in [-0.25, -0.2) is 0 Å². The average Bonchev–Trinajstić information content (AvgIpc) is 2.64. The molecule has 0 aliphatic carbocycles. The Hall–Kier alpha value is -2.18. The molecule has 1 atom stereocenters. The van der Waals surface area contributed by atoms with E-state index >= 15 is 0 Å². The second-order valence-corrected chi connectivity index (χ2v) is 7.31. The molecular weight excluding hydrogens is 394 g/mol. The maximum absolute atomic E-state index is 12.5. The summed E-state index contributed by atoms with van der Waals surface area (Å²) in [5, 5.41) is 5.87. The van der Waals surface area contributed by atoms with E-state index in [1.165, 1.54) is 0 Å². The van der Waals surface area contributed by atoms with Gasteiger partial charge >= 0.3 is 0 Å². The van der Waals surface area contributed by atoms with Gasteiger partial charge in [0.1, 0.15) is 0 Å². The monoisotopic (exact) mass is 415 g/mol. The van der Waals surface area contributed by atoms with E-state index in [0.717, 1.165) is 35.2 Å². The molecule has 0 saturated carbocycles. The molecule has 6 heteroatoms. The van der Waals surface area contributed by atoms with E-state index in [1.54, 1.807) is 0 Å². The number of hydrogen-bond acceptors (Lipinski definition) is 3. The second-order valence-electron chi connectivity index (χ2n) is 6.46. The Morgan fingerprint density at radius 3 is 2.54 bits per heavy atom. The number of rotatable bonds is 5. The van der Waals surface area contributed by atoms with Crippen molar-refractivity contribution in [3.8, 4) is 0 Å². The molecule has 5 nitrogen and oxygen atoms in total. The van der Waals surface area contributed by atoms with Crippen LogP contribution in [0.15, 0.2) is 59.1 Å². The number of benzene rings is 2. The molecule has 2 aromatic carbocycles. The van der Waals surface area contributed by atoms with Crippen molar-refractivity contribution >= 4 is 39.1 Å². The molecule has 26 heavy (non-hydrogen) atoms. The number of amides is 2. The van der Waals surface area contributed by atoms with Gasteiger partial charge in [0.25, 0.3) is 0 Å². The Labute approximate surface area is 161 Å². The summed E-state index contributed by atoms with van der Waals surface area (Å²) in [6.45, 7) is 1.72. The fourth-order valence-electron chi connectivity index (χ4n) is 3.13. The molecule has 1 aliphatic rings. The summed E-state index contributed by atoms with van der Waals surface area (Å²) in [5.74, 6) is -0.145. The first-order chi connectivity index (χ1) is 12.6. The third-order valence-electron chi connectivity index (χ3n) is 4.43. The molecule has 1 aliphatic heterocycles. The highest BCUT2D eigenvalue weighted by molar-refractivity contribution is 9.10. The number of anilines is 2. The van der Waals surface area contributed by atoms with Crippen LogP contribution < -0.4 is 10.6 Å². The zero-order valence-electron chi connectivity index (χ0n) is 14.5. The normalized spacial score (nSPS) is 17.5. The first-order valence-corrected chi connectivity index (χ1v) is 9.54. The van der Waals surface area contributed by atoms with E-state index in [4.69, 9.17) is 0 Å². The fourth-order valence-corrected chi connectivity index (χ4v) is 3.52. The van der Waals surface area contributed by atoms with Gasteiger partial charge < -0.3 is 10.6 Å². The van der Waals surface area contributed by atoms with Crippen LogP contribution in [0.25, 0.3) is 0 Å². The minimum atomic E-state index is -0.0970. The molecule has 2 N–H and O–H groups in total. The Balaban J connectivity index is 1.52. The zero-order chi connectivity index (χ0) is 18.4. The lowest BCUT2D eigenvalue weighted by Gasteiger charge is -2.31. The van der Waals surface area contributed by atoms with Gasteiger partial charge in [-0.2, -0.15) is 0 Å². The van der Waals surface area contributed by atoms with Crippen molar-refractivity contribution in [2.75, 3.05) is 30.3 Å². The molecule has 3 rings (SSSR count). The summed E-state index contributed by atoms with van der Waals surface area (Å²) < 4.78 is 0.854. The van der Waals surface area contributed by atoms with Crippen molar-refractivity contribution in [3.63, 3.8) is 0 Å². The van der Waals surface area contributed by atoms with Crippen LogP contribution in [-0.4, -0.2) is 36.3 Å². The number of likely N-dealkylation sites (tertiary alicyclic amines) is 1. The van der Waals surface area contributed by atoms with Gasteiger partial charge in [-0.05, 0) is 59.6 Å². The number of piperidine rings is 1. The number of carbonyl (C=O) groups is 2. The third kappa shape index (κ3) is 5.16. The van der Waals surface area contributed by atoms with E-state index < -0.39 is 0 Å². The number of halogens is 1. The topological polar surface area (TPSA) is 61.4 Å². The molecule has 2 amide bonds. The summed E-state index contributed by atoms with van der Waals surface area (Å²) in [5.41, 5.74) is 1.56. The minimum Gasteiger partial charge on any atom is -0.326 e. The number of nitrogens with zero attached hydrogens (tertiary/aromatic N) is 1. The lowest BCUT2D eigenvalue weighted by Crippen LogP contribution is -2.44. The van der Waals surface area contributed by atoms with Crippen molar-refractivity contribution in [3.05, 3.63) is 59.1 Å². The molecule has 0 aromatic heterocycles. The van der Waals surface area contributed by atoms with E-state index in [-0.39, 0.29) is 24.3 Å². The Morgan fingerprint density at radius 1 is 1.04 bits per heavy atom. The quantitative estimate of drug-likeness (QED) is 0.781. The number of carbonyl (C=O) groups excluding carboxylic acids is 2. The Kier molecular flexibility index (Phi) is 6.41. The molecular formula is C20H22BrN3O2. The van der Waals surface area contributed by atoms with Gasteiger partial charge in [0.15, 0.2) is 0 Å². The smallest absolute Gasteiger partial charge is 0.238 e. The van der Waals surface area contributed by atoms with Crippen LogP contribution in [0.5, 0.6) is 0 Å². The van der Waals surface area contributed by atoms with E-state index in [1.807, 2.05) is 59.5 Å². The first-order valence-electron chi connectivity index (χ1n) is 8.74. The van der Waals surface area contributed by atoms with Crippen LogP contribution in [0, 0.1) is 5.92 Å². The highest BCUT2D eigenvalue weighted by Crippen LogP contribution is 2.22. The zero-order valence-corrected chi connectivity index (χ0v) is 16.0. The predicted octanol–water partition coefficient (Wildman–Crippen LogP) is 3.74. The van der Waals surface area contributed by atoms with Crippen molar-refractivity contribution in [1.82, 2.24) is 4.90 Å². The molecule has 1 fully saturated rings. The lowest BCUT2D eigenvalue weighted by molar-refractivity contribution is -0.123. The highest BCUT2D eigenvalue weighted by Gasteiger charge is 2.27. The van der Waals surface area contributed by atoms with Gasteiger partial charge in [0.05, 0.1) is 18.2 Å². The van der Waals surface area contributed by atoms with Crippen molar-refractivity contribution in [1.29, 1.82) is 0 Å². The minimum absolute atomic E-state index is 0.0205. The summed E-state index contributed by atoms with van der Waals surface area (Å²) in [6, 6.07) is 17.0. The van der Waals surface area contributed by atoms with Crippen LogP contribution in [0.1, 0.15) is 12.8 Å². The van der Waals surface area contributed by atoms with Crippen LogP contribution in [0.2, 0.25) is 0 Å². The van der Waals surface area contributed by atoms with Crippen molar-refractivity contribution in [2.24, 2.45) is 5.92 Å². The van der Waals surface area contributed by atoms with Crippen LogP contribution >= 0.6 is 15.9 Å². The second kappa shape index (κ2) is 8.96. The molecule has 1 heterocycles. The average molecular weight is 416 g/mol. The number of hydrogen-bond donors (Lipinski definition) is 2. The third-order valence-corrected chi connectivity index (χ3v) is 5.12. The summed E-state index contributed by atoms with van der Waals surface area (Å²) in [6.07, 6.45) is 1.76. The molecule has 0 spiro atoms. The highest BCUT2D eigenvalue weighted by atomic mass is 79.9. The van der Waals surface area contributed by atoms with Gasteiger partial charge in [-0.1, -0.05) is 30.3 Å². The summed E-state index contributed by atoms with van der Waals surface area (Å²) in [4.78, 5) is 26.9. The molecule has 136 valence electrons.